The van der Waals surface area contributed by atoms with Gasteiger partial charge >= 0.3 is 5.97 Å². The molecule has 10 heteroatoms. The molecule has 2 saturated heterocycles. The fourth-order valence-electron chi connectivity index (χ4n) is 5.33. The summed E-state index contributed by atoms with van der Waals surface area (Å²) in [5.74, 6) is 0.465. The summed E-state index contributed by atoms with van der Waals surface area (Å²) in [7, 11) is 3.35. The minimum atomic E-state index is -0.618. The second-order valence-electron chi connectivity index (χ2n) is 10.6. The maximum Gasteiger partial charge on any atom is 0.326 e. The molecule has 0 amide bonds. The highest BCUT2D eigenvalue weighted by molar-refractivity contribution is 5.81. The summed E-state index contributed by atoms with van der Waals surface area (Å²) in [5, 5.41) is 3.33. The van der Waals surface area contributed by atoms with Crippen LogP contribution in [0, 0.1) is 6.92 Å². The summed E-state index contributed by atoms with van der Waals surface area (Å²) in [6.45, 7) is 6.62. The zero-order chi connectivity index (χ0) is 27.5. The zero-order valence-corrected chi connectivity index (χ0v) is 23.1. The number of hydrogen-bond acceptors (Lipinski definition) is 8. The van der Waals surface area contributed by atoms with E-state index in [4.69, 9.17) is 23.9 Å². The largest absolute Gasteiger partial charge is 0.459 e. The minimum Gasteiger partial charge on any atom is -0.459 e. The molecule has 3 aromatic rings. The lowest BCUT2D eigenvalue weighted by molar-refractivity contribution is -0.155. The second kappa shape index (κ2) is 12.0. The number of imidazole rings is 1. The molecule has 0 spiro atoms. The van der Waals surface area contributed by atoms with Gasteiger partial charge < -0.3 is 28.1 Å². The molecule has 2 fully saturated rings. The van der Waals surface area contributed by atoms with E-state index in [9.17, 15) is 9.59 Å². The van der Waals surface area contributed by atoms with E-state index in [-0.39, 0.29) is 29.8 Å². The Bertz CT molecular complexity index is 1340. The van der Waals surface area contributed by atoms with E-state index in [1.807, 2.05) is 38.2 Å². The summed E-state index contributed by atoms with van der Waals surface area (Å²) in [4.78, 5) is 30.3. The number of aryl methyl sites for hydroxylation is 2. The highest BCUT2D eigenvalue weighted by atomic mass is 16.6. The Morgan fingerprint density at radius 2 is 2.10 bits per heavy atom. The van der Waals surface area contributed by atoms with E-state index < -0.39 is 6.04 Å². The first-order valence-corrected chi connectivity index (χ1v) is 13.7. The molecule has 1 N–H and O–H groups in total. The maximum atomic E-state index is 12.9. The van der Waals surface area contributed by atoms with Crippen molar-refractivity contribution in [2.45, 2.75) is 70.6 Å². The van der Waals surface area contributed by atoms with Crippen molar-refractivity contribution in [2.75, 3.05) is 26.9 Å². The van der Waals surface area contributed by atoms with Crippen LogP contribution in [0.5, 0.6) is 0 Å². The predicted octanol–water partition coefficient (Wildman–Crippen LogP) is 2.71. The van der Waals surface area contributed by atoms with Crippen molar-refractivity contribution >= 4 is 17.0 Å². The van der Waals surface area contributed by atoms with Crippen molar-refractivity contribution in [3.63, 3.8) is 0 Å². The Kier molecular flexibility index (Phi) is 8.46. The first-order chi connectivity index (χ1) is 18.8. The molecule has 1 aromatic carbocycles. The number of fused-ring (bicyclic) bond motifs is 1. The van der Waals surface area contributed by atoms with Crippen LogP contribution in [0.25, 0.3) is 22.4 Å². The van der Waals surface area contributed by atoms with E-state index in [0.717, 1.165) is 47.4 Å². The number of hydrogen-bond donors (Lipinski definition) is 1. The SMILES string of the molecule is CO[C@H](C)[C@H](NCc1ccc2c(c1)nc(-c1cc(C)c(=O)n(C)c1)n2C[C@@H]1CCCO1)C(=O)O[C@H]1CCOC1. The lowest BCUT2D eigenvalue weighted by Crippen LogP contribution is -2.47. The molecule has 210 valence electrons. The highest BCUT2D eigenvalue weighted by Gasteiger charge is 2.30. The van der Waals surface area contributed by atoms with Crippen LogP contribution in [0.2, 0.25) is 0 Å². The Labute approximate surface area is 228 Å². The number of carbonyl (C=O) groups is 1. The average molecular weight is 539 g/mol. The summed E-state index contributed by atoms with van der Waals surface area (Å²) in [6, 6.07) is 7.43. The van der Waals surface area contributed by atoms with Gasteiger partial charge in [0.15, 0.2) is 0 Å². The van der Waals surface area contributed by atoms with Crippen molar-refractivity contribution in [3.8, 4) is 11.4 Å². The number of nitrogens with one attached hydrogen (secondary N) is 1. The van der Waals surface area contributed by atoms with Crippen LogP contribution < -0.4 is 10.9 Å². The Morgan fingerprint density at radius 1 is 1.26 bits per heavy atom. The monoisotopic (exact) mass is 538 g/mol. The Balaban J connectivity index is 1.42. The number of aromatic nitrogens is 3. The lowest BCUT2D eigenvalue weighted by Gasteiger charge is -2.24. The van der Waals surface area contributed by atoms with Gasteiger partial charge in [-0.05, 0) is 50.5 Å². The van der Waals surface area contributed by atoms with Crippen LogP contribution in [0.1, 0.15) is 37.3 Å². The van der Waals surface area contributed by atoms with Gasteiger partial charge in [-0.15, -0.1) is 0 Å². The summed E-state index contributed by atoms with van der Waals surface area (Å²) < 4.78 is 26.2. The van der Waals surface area contributed by atoms with E-state index >= 15 is 0 Å². The van der Waals surface area contributed by atoms with Crippen LogP contribution in [-0.4, -0.2) is 71.4 Å². The van der Waals surface area contributed by atoms with Crippen molar-refractivity contribution in [2.24, 2.45) is 7.05 Å². The van der Waals surface area contributed by atoms with E-state index in [1.54, 1.807) is 18.7 Å². The molecule has 2 aromatic heterocycles. The van der Waals surface area contributed by atoms with Gasteiger partial charge in [-0.2, -0.15) is 0 Å². The molecule has 0 aliphatic carbocycles. The molecule has 4 heterocycles. The van der Waals surface area contributed by atoms with Crippen molar-refractivity contribution in [1.82, 2.24) is 19.4 Å². The van der Waals surface area contributed by atoms with Gasteiger partial charge in [0.2, 0.25) is 0 Å². The predicted molar refractivity (Wildman–Crippen MR) is 147 cm³/mol. The average Bonchev–Trinajstić information content (AvgIpc) is 3.69. The number of pyridine rings is 1. The summed E-state index contributed by atoms with van der Waals surface area (Å²) >= 11 is 0. The second-order valence-corrected chi connectivity index (χ2v) is 10.6. The van der Waals surface area contributed by atoms with Crippen molar-refractivity contribution < 1.29 is 23.7 Å². The van der Waals surface area contributed by atoms with Gasteiger partial charge in [-0.25, -0.2) is 4.98 Å². The third-order valence-electron chi connectivity index (χ3n) is 7.64. The summed E-state index contributed by atoms with van der Waals surface area (Å²) in [5.41, 5.74) is 4.36. The standard InChI is InChI=1S/C29H38N4O6/c1-18-12-21(15-32(3)28(18)34)27-31-24-13-20(7-8-25(24)33(27)16-22-6-5-10-38-22)14-30-26(19(2)36-4)29(35)39-23-9-11-37-17-23/h7-8,12-13,15,19,22-23,26,30H,5-6,9-11,14,16-17H2,1-4H3/t19-,22+,23+,26+/m1/s1. The van der Waals surface area contributed by atoms with Gasteiger partial charge in [0.05, 0.1) is 43.0 Å². The molecular weight excluding hydrogens is 500 g/mol. The zero-order valence-electron chi connectivity index (χ0n) is 23.1. The fraction of sp³-hybridized carbons (Fsp3) is 0.552. The number of nitrogens with zero attached hydrogens (tertiary/aromatic N) is 3. The van der Waals surface area contributed by atoms with Crippen molar-refractivity contribution in [3.05, 3.63) is 51.9 Å². The van der Waals surface area contributed by atoms with E-state index in [0.29, 0.717) is 38.3 Å². The first kappa shape index (κ1) is 27.5. The van der Waals surface area contributed by atoms with Crippen LogP contribution >= 0.6 is 0 Å². The number of methoxy groups -OCH3 is 1. The van der Waals surface area contributed by atoms with Gasteiger partial charge in [-0.1, -0.05) is 6.07 Å². The topological polar surface area (TPSA) is 106 Å². The number of rotatable bonds is 10. The molecule has 0 bridgehead atoms. The smallest absolute Gasteiger partial charge is 0.326 e. The minimum absolute atomic E-state index is 0.0206. The summed E-state index contributed by atoms with van der Waals surface area (Å²) in [6.07, 6.45) is 4.16. The van der Waals surface area contributed by atoms with Crippen molar-refractivity contribution in [1.29, 1.82) is 0 Å². The molecule has 2 aliphatic heterocycles. The van der Waals surface area contributed by atoms with E-state index in [1.165, 1.54) is 0 Å². The molecule has 39 heavy (non-hydrogen) atoms. The van der Waals surface area contributed by atoms with E-state index in [2.05, 4.69) is 16.0 Å². The molecule has 2 aliphatic rings. The quantitative estimate of drug-likeness (QED) is 0.393. The van der Waals surface area contributed by atoms with Crippen LogP contribution in [-0.2, 0) is 43.9 Å². The lowest BCUT2D eigenvalue weighted by atomic mass is 10.1. The number of esters is 1. The molecule has 10 nitrogen and oxygen atoms in total. The highest BCUT2D eigenvalue weighted by Crippen LogP contribution is 2.28. The molecule has 0 saturated carbocycles. The molecule has 4 atom stereocenters. The van der Waals surface area contributed by atoms with Gasteiger partial charge in [0.1, 0.15) is 18.0 Å². The Morgan fingerprint density at radius 3 is 2.79 bits per heavy atom. The maximum absolute atomic E-state index is 12.9. The van der Waals surface area contributed by atoms with Gasteiger partial charge in [0.25, 0.3) is 5.56 Å². The van der Waals surface area contributed by atoms with Gasteiger partial charge in [0, 0.05) is 51.1 Å². The van der Waals surface area contributed by atoms with Crippen LogP contribution in [0.15, 0.2) is 35.3 Å². The van der Waals surface area contributed by atoms with Crippen LogP contribution in [0.3, 0.4) is 0 Å². The molecule has 0 radical (unpaired) electrons. The van der Waals surface area contributed by atoms with Gasteiger partial charge in [-0.3, -0.25) is 14.9 Å². The third kappa shape index (κ3) is 6.09. The normalized spacial score (nSPS) is 20.9. The first-order valence-electron chi connectivity index (χ1n) is 13.7. The third-order valence-corrected chi connectivity index (χ3v) is 7.64. The number of carbonyl (C=O) groups excluding carboxylic acids is 1. The fourth-order valence-corrected chi connectivity index (χ4v) is 5.33. The molecule has 5 rings (SSSR count). The number of benzene rings is 1. The molecular formula is C29H38N4O6. The van der Waals surface area contributed by atoms with Crippen LogP contribution in [0.4, 0.5) is 0 Å². The Hall–Kier alpha value is -3.05. The number of ether oxygens (including phenoxy) is 4. The molecule has 0 unspecified atom stereocenters.